The van der Waals surface area contributed by atoms with Gasteiger partial charge in [-0.05, 0) is 48.4 Å². The Morgan fingerprint density at radius 2 is 1.88 bits per heavy atom. The minimum Gasteiger partial charge on any atom is -0.497 e. The summed E-state index contributed by atoms with van der Waals surface area (Å²) in [6, 6.07) is 19.2. The molecule has 210 valence electrons. The maximum Gasteiger partial charge on any atom is 0.259 e. The fourth-order valence-corrected chi connectivity index (χ4v) is 5.46. The number of carbonyl (C=O) groups excluding carboxylic acids is 3. The molecule has 11 heteroatoms. The fraction of sp³-hybridized carbons (Fsp3) is 0.233. The summed E-state index contributed by atoms with van der Waals surface area (Å²) >= 11 is 1.18. The molecular weight excluding hydrogens is 545 g/mol. The van der Waals surface area contributed by atoms with E-state index in [0.717, 1.165) is 5.56 Å². The van der Waals surface area contributed by atoms with Crippen LogP contribution >= 0.6 is 11.8 Å². The van der Waals surface area contributed by atoms with E-state index in [2.05, 4.69) is 15.6 Å². The highest BCUT2D eigenvalue weighted by Gasteiger charge is 2.43. The van der Waals surface area contributed by atoms with Crippen molar-refractivity contribution in [3.05, 3.63) is 89.7 Å². The molecule has 0 unspecified atom stereocenters. The van der Waals surface area contributed by atoms with Crippen LogP contribution in [0.5, 0.6) is 5.75 Å². The largest absolute Gasteiger partial charge is 0.497 e. The monoisotopic (exact) mass is 573 g/mol. The van der Waals surface area contributed by atoms with E-state index in [0.29, 0.717) is 40.1 Å². The van der Waals surface area contributed by atoms with Crippen molar-refractivity contribution in [1.82, 2.24) is 10.2 Å². The summed E-state index contributed by atoms with van der Waals surface area (Å²) in [4.78, 5) is 50.3. The van der Waals surface area contributed by atoms with E-state index >= 15 is 0 Å². The average Bonchev–Trinajstić information content (AvgIpc) is 3.31. The lowest BCUT2D eigenvalue weighted by Gasteiger charge is -2.27. The average molecular weight is 574 g/mol. The maximum atomic E-state index is 13.6. The lowest BCUT2D eigenvalue weighted by molar-refractivity contribution is -0.128. The number of rotatable bonds is 9. The fourth-order valence-electron chi connectivity index (χ4n) is 4.44. The summed E-state index contributed by atoms with van der Waals surface area (Å²) in [5.74, 6) is -0.325. The van der Waals surface area contributed by atoms with Crippen LogP contribution in [0.2, 0.25) is 0 Å². The first kappa shape index (κ1) is 28.0. The SMILES string of the molecule is CC[C@@H](SC1=Nc2ccccc2C2=N[C@@H](CC(=O)NCc3ccc(F)cc3)C(=O)N12)C(=O)Nc1cccc(OC)c1. The molecule has 2 aliphatic rings. The molecule has 2 atom stereocenters. The third-order valence-corrected chi connectivity index (χ3v) is 7.89. The topological polar surface area (TPSA) is 112 Å². The van der Waals surface area contributed by atoms with Crippen molar-refractivity contribution in [2.45, 2.75) is 37.6 Å². The Labute approximate surface area is 240 Å². The third-order valence-electron chi connectivity index (χ3n) is 6.58. The number of nitrogens with zero attached hydrogens (tertiary/aromatic N) is 3. The van der Waals surface area contributed by atoms with Gasteiger partial charge in [-0.15, -0.1) is 0 Å². The quantitative estimate of drug-likeness (QED) is 0.387. The molecule has 41 heavy (non-hydrogen) atoms. The first-order chi connectivity index (χ1) is 19.9. The van der Waals surface area contributed by atoms with Gasteiger partial charge in [-0.3, -0.25) is 19.4 Å². The Morgan fingerprint density at radius 3 is 2.63 bits per heavy atom. The molecule has 5 rings (SSSR count). The van der Waals surface area contributed by atoms with Crippen LogP contribution in [0.25, 0.3) is 0 Å². The summed E-state index contributed by atoms with van der Waals surface area (Å²) in [5, 5.41) is 5.45. The second-order valence-electron chi connectivity index (χ2n) is 9.40. The molecule has 2 aliphatic heterocycles. The van der Waals surface area contributed by atoms with Crippen molar-refractivity contribution in [1.29, 1.82) is 0 Å². The Balaban J connectivity index is 1.32. The molecule has 0 bridgehead atoms. The zero-order valence-electron chi connectivity index (χ0n) is 22.5. The summed E-state index contributed by atoms with van der Waals surface area (Å²) in [7, 11) is 1.55. The number of para-hydroxylation sites is 1. The number of fused-ring (bicyclic) bond motifs is 3. The van der Waals surface area contributed by atoms with E-state index in [-0.39, 0.29) is 36.5 Å². The first-order valence-corrected chi connectivity index (χ1v) is 14.0. The smallest absolute Gasteiger partial charge is 0.259 e. The Kier molecular flexibility index (Phi) is 8.44. The minimum absolute atomic E-state index is 0.159. The van der Waals surface area contributed by atoms with E-state index in [1.807, 2.05) is 31.2 Å². The van der Waals surface area contributed by atoms with E-state index in [1.54, 1.807) is 43.5 Å². The summed E-state index contributed by atoms with van der Waals surface area (Å²) in [6.07, 6.45) is 0.318. The van der Waals surface area contributed by atoms with Gasteiger partial charge in [0.15, 0.2) is 5.17 Å². The zero-order valence-corrected chi connectivity index (χ0v) is 23.3. The number of carbonyl (C=O) groups is 3. The summed E-state index contributed by atoms with van der Waals surface area (Å²) < 4.78 is 18.4. The number of methoxy groups -OCH3 is 1. The van der Waals surface area contributed by atoms with Crippen LogP contribution in [-0.2, 0) is 20.9 Å². The van der Waals surface area contributed by atoms with Gasteiger partial charge in [-0.2, -0.15) is 0 Å². The van der Waals surface area contributed by atoms with Crippen molar-refractivity contribution >= 4 is 51.9 Å². The van der Waals surface area contributed by atoms with Gasteiger partial charge in [0.05, 0.1) is 24.5 Å². The number of hydrogen-bond donors (Lipinski definition) is 2. The normalized spacial score (nSPS) is 16.2. The molecule has 3 aromatic carbocycles. The minimum atomic E-state index is -0.944. The van der Waals surface area contributed by atoms with Crippen molar-refractivity contribution < 1.29 is 23.5 Å². The molecule has 0 saturated heterocycles. The van der Waals surface area contributed by atoms with Crippen LogP contribution in [0.15, 0.2) is 82.8 Å². The van der Waals surface area contributed by atoms with Gasteiger partial charge in [-0.25, -0.2) is 14.3 Å². The molecule has 0 aromatic heterocycles. The molecule has 9 nitrogen and oxygen atoms in total. The van der Waals surface area contributed by atoms with Crippen molar-refractivity contribution in [3.8, 4) is 5.75 Å². The molecule has 0 radical (unpaired) electrons. The highest BCUT2D eigenvalue weighted by atomic mass is 32.2. The lowest BCUT2D eigenvalue weighted by atomic mass is 10.1. The first-order valence-electron chi connectivity index (χ1n) is 13.1. The number of anilines is 1. The number of amides is 3. The predicted octanol–water partition coefficient (Wildman–Crippen LogP) is 4.65. The number of thioether (sulfide) groups is 1. The molecule has 0 aliphatic carbocycles. The molecule has 2 heterocycles. The van der Waals surface area contributed by atoms with Gasteiger partial charge >= 0.3 is 0 Å². The predicted molar refractivity (Wildman–Crippen MR) is 157 cm³/mol. The highest BCUT2D eigenvalue weighted by molar-refractivity contribution is 8.15. The van der Waals surface area contributed by atoms with E-state index in [4.69, 9.17) is 9.73 Å². The lowest BCUT2D eigenvalue weighted by Crippen LogP contribution is -2.43. The Hall–Kier alpha value is -4.51. The van der Waals surface area contributed by atoms with Crippen LogP contribution < -0.4 is 15.4 Å². The van der Waals surface area contributed by atoms with Crippen molar-refractivity contribution in [2.24, 2.45) is 9.98 Å². The molecule has 3 aromatic rings. The summed E-state index contributed by atoms with van der Waals surface area (Å²) in [5.41, 5.74) is 2.63. The highest BCUT2D eigenvalue weighted by Crippen LogP contribution is 2.36. The number of hydrogen-bond acceptors (Lipinski definition) is 7. The molecular formula is C30H28FN5O4S. The number of amidine groups is 2. The number of nitrogens with one attached hydrogen (secondary N) is 2. The van der Waals surface area contributed by atoms with Crippen LogP contribution in [0, 0.1) is 5.82 Å². The van der Waals surface area contributed by atoms with E-state index in [9.17, 15) is 18.8 Å². The maximum absolute atomic E-state index is 13.6. The van der Waals surface area contributed by atoms with Crippen LogP contribution in [0.4, 0.5) is 15.8 Å². The van der Waals surface area contributed by atoms with Crippen LogP contribution in [0.1, 0.15) is 30.9 Å². The molecule has 0 fully saturated rings. The number of ether oxygens (including phenoxy) is 1. The molecule has 3 amide bonds. The van der Waals surface area contributed by atoms with E-state index in [1.165, 1.54) is 28.8 Å². The van der Waals surface area contributed by atoms with Crippen LogP contribution in [-0.4, -0.2) is 52.0 Å². The van der Waals surface area contributed by atoms with Gasteiger partial charge in [0.1, 0.15) is 23.4 Å². The zero-order chi connectivity index (χ0) is 28.9. The van der Waals surface area contributed by atoms with E-state index < -0.39 is 11.3 Å². The van der Waals surface area contributed by atoms with Crippen molar-refractivity contribution in [3.63, 3.8) is 0 Å². The molecule has 0 saturated carbocycles. The summed E-state index contributed by atoms with van der Waals surface area (Å²) in [6.45, 7) is 2.08. The van der Waals surface area contributed by atoms with Gasteiger partial charge in [0.25, 0.3) is 5.91 Å². The number of aliphatic imine (C=N–C) groups is 2. The van der Waals surface area contributed by atoms with Gasteiger partial charge in [0, 0.05) is 23.9 Å². The second kappa shape index (κ2) is 12.3. The van der Waals surface area contributed by atoms with Gasteiger partial charge in [-0.1, -0.05) is 49.0 Å². The van der Waals surface area contributed by atoms with Gasteiger partial charge in [0.2, 0.25) is 11.8 Å². The Morgan fingerprint density at radius 1 is 1.10 bits per heavy atom. The van der Waals surface area contributed by atoms with Crippen LogP contribution in [0.3, 0.4) is 0 Å². The number of halogens is 1. The molecule has 0 spiro atoms. The van der Waals surface area contributed by atoms with Crippen molar-refractivity contribution in [2.75, 3.05) is 12.4 Å². The number of benzene rings is 3. The second-order valence-corrected chi connectivity index (χ2v) is 10.6. The standard InChI is InChI=1S/C30H28FN5O4S/c1-3-25(28(38)33-20-7-6-8-21(15-20)40-2)41-30-35-23-10-5-4-9-22(23)27-34-24(29(39)36(27)30)16-26(37)32-17-18-11-13-19(31)14-12-18/h4-15,24-25H,3,16-17H2,1-2H3,(H,32,37)(H,33,38)/t24-,25+/m0/s1. The Bertz CT molecular complexity index is 1540. The van der Waals surface area contributed by atoms with Gasteiger partial charge < -0.3 is 15.4 Å². The third kappa shape index (κ3) is 6.30. The molecule has 2 N–H and O–H groups in total.